The van der Waals surface area contributed by atoms with Crippen LogP contribution in [0, 0.1) is 0 Å². The summed E-state index contributed by atoms with van der Waals surface area (Å²) in [5, 5.41) is 23.9. The van der Waals surface area contributed by atoms with Crippen LogP contribution in [0.3, 0.4) is 0 Å². The fourth-order valence-corrected chi connectivity index (χ4v) is 3.87. The summed E-state index contributed by atoms with van der Waals surface area (Å²) in [6.45, 7) is 0. The zero-order chi connectivity index (χ0) is 18.8. The second kappa shape index (κ2) is 5.23. The molecular weight excluding hydrogens is 352 g/mol. The predicted octanol–water partition coefficient (Wildman–Crippen LogP) is 4.82. The van der Waals surface area contributed by atoms with E-state index in [4.69, 9.17) is 9.97 Å². The molecule has 6 rings (SSSR count). The van der Waals surface area contributed by atoms with Gasteiger partial charge in [0.2, 0.25) is 0 Å². The van der Waals surface area contributed by atoms with Crippen LogP contribution in [-0.4, -0.2) is 30.1 Å². The molecule has 28 heavy (non-hydrogen) atoms. The Hall–Kier alpha value is -4.06. The molecule has 0 aliphatic carbocycles. The third-order valence-electron chi connectivity index (χ3n) is 5.17. The predicted molar refractivity (Wildman–Crippen MR) is 110 cm³/mol. The molecule has 6 nitrogen and oxygen atoms in total. The molecule has 2 heterocycles. The number of phenols is 2. The van der Waals surface area contributed by atoms with Crippen LogP contribution in [0.15, 0.2) is 60.7 Å². The topological polar surface area (TPSA) is 97.8 Å². The van der Waals surface area contributed by atoms with Crippen LogP contribution in [0.25, 0.3) is 55.3 Å². The molecule has 0 bridgehead atoms. The molecule has 0 aliphatic heterocycles. The number of rotatable bonds is 1. The Morgan fingerprint density at radius 1 is 0.571 bits per heavy atom. The number of aromatic hydroxyl groups is 2. The maximum absolute atomic E-state index is 10.3. The van der Waals surface area contributed by atoms with E-state index in [0.717, 1.165) is 43.6 Å². The number of nitrogens with zero attached hydrogens (tertiary/aromatic N) is 2. The molecule has 0 aliphatic rings. The Morgan fingerprint density at radius 3 is 1.39 bits per heavy atom. The largest absolute Gasteiger partial charge is 0.507 e. The van der Waals surface area contributed by atoms with E-state index in [2.05, 4.69) is 9.97 Å². The van der Waals surface area contributed by atoms with Crippen molar-refractivity contribution in [2.75, 3.05) is 0 Å². The van der Waals surface area contributed by atoms with E-state index < -0.39 is 0 Å². The van der Waals surface area contributed by atoms with Crippen LogP contribution in [0.4, 0.5) is 0 Å². The van der Waals surface area contributed by atoms with Crippen LogP contribution in [0.2, 0.25) is 0 Å². The van der Waals surface area contributed by atoms with Gasteiger partial charge in [0, 0.05) is 33.7 Å². The van der Waals surface area contributed by atoms with Crippen molar-refractivity contribution in [3.05, 3.63) is 60.7 Å². The number of hydrogen-bond acceptors (Lipinski definition) is 4. The molecule has 0 atom stereocenters. The normalized spacial score (nSPS) is 11.9. The molecule has 0 fully saturated rings. The van der Waals surface area contributed by atoms with Gasteiger partial charge in [-0.05, 0) is 0 Å². The van der Waals surface area contributed by atoms with Crippen molar-refractivity contribution in [2.24, 2.45) is 0 Å². The molecule has 4 aromatic carbocycles. The third kappa shape index (κ3) is 1.97. The number of phenolic OH excluding ortho intramolecular Hbond substituents is 2. The van der Waals surface area contributed by atoms with Crippen molar-refractivity contribution in [2.45, 2.75) is 0 Å². The fraction of sp³-hybridized carbons (Fsp3) is 0. The van der Waals surface area contributed by atoms with Crippen LogP contribution in [0.5, 0.6) is 11.5 Å². The van der Waals surface area contributed by atoms with Crippen LogP contribution in [-0.2, 0) is 0 Å². The van der Waals surface area contributed by atoms with Crippen molar-refractivity contribution in [1.29, 1.82) is 0 Å². The SMILES string of the molecule is Oc1cc2[nH]c(-c3nc4c(cc(O)c5ccccc54)[nH]3)nc2c2ccccc12. The molecule has 134 valence electrons. The summed E-state index contributed by atoms with van der Waals surface area (Å²) in [5.74, 6) is 1.56. The van der Waals surface area contributed by atoms with E-state index >= 15 is 0 Å². The van der Waals surface area contributed by atoms with Gasteiger partial charge in [-0.1, -0.05) is 48.5 Å². The highest BCUT2D eigenvalue weighted by molar-refractivity contribution is 6.09. The summed E-state index contributed by atoms with van der Waals surface area (Å²) in [6, 6.07) is 18.6. The zero-order valence-electron chi connectivity index (χ0n) is 14.6. The van der Waals surface area contributed by atoms with Gasteiger partial charge in [0.05, 0.1) is 22.1 Å². The summed E-state index contributed by atoms with van der Waals surface area (Å²) < 4.78 is 0. The highest BCUT2D eigenvalue weighted by Gasteiger charge is 2.16. The van der Waals surface area contributed by atoms with Crippen molar-refractivity contribution in [3.8, 4) is 23.1 Å². The van der Waals surface area contributed by atoms with Crippen LogP contribution >= 0.6 is 0 Å². The summed E-state index contributed by atoms with van der Waals surface area (Å²) in [6.07, 6.45) is 0. The van der Waals surface area contributed by atoms with E-state index in [9.17, 15) is 10.2 Å². The monoisotopic (exact) mass is 366 g/mol. The lowest BCUT2D eigenvalue weighted by atomic mass is 10.1. The van der Waals surface area contributed by atoms with Crippen molar-refractivity contribution >= 4 is 43.6 Å². The number of benzene rings is 4. The van der Waals surface area contributed by atoms with E-state index in [1.165, 1.54) is 0 Å². The standard InChI is InChI=1S/C22H14N4O2/c27-17-9-15-19(13-7-3-1-5-11(13)17)25-21(23-15)22-24-16-10-18(28)12-6-2-4-8-14(12)20(16)26-22/h1-10,27-28H,(H,23,25)(H,24,26). The summed E-state index contributed by atoms with van der Waals surface area (Å²) in [4.78, 5) is 15.9. The first-order chi connectivity index (χ1) is 13.7. The first-order valence-corrected chi connectivity index (χ1v) is 8.90. The average molecular weight is 366 g/mol. The van der Waals surface area contributed by atoms with E-state index in [0.29, 0.717) is 11.6 Å². The minimum absolute atomic E-state index is 0.207. The minimum Gasteiger partial charge on any atom is -0.507 e. The lowest BCUT2D eigenvalue weighted by molar-refractivity contribution is 0.481. The zero-order valence-corrected chi connectivity index (χ0v) is 14.6. The second-order valence-corrected chi connectivity index (χ2v) is 6.85. The molecule has 0 saturated heterocycles. The number of aromatic nitrogens is 4. The summed E-state index contributed by atoms with van der Waals surface area (Å²) >= 11 is 0. The van der Waals surface area contributed by atoms with E-state index in [1.807, 2.05) is 48.5 Å². The molecule has 6 heteroatoms. The van der Waals surface area contributed by atoms with Gasteiger partial charge >= 0.3 is 0 Å². The molecule has 6 aromatic rings. The van der Waals surface area contributed by atoms with Gasteiger partial charge in [0.15, 0.2) is 11.6 Å². The van der Waals surface area contributed by atoms with E-state index in [1.54, 1.807) is 12.1 Å². The van der Waals surface area contributed by atoms with Gasteiger partial charge < -0.3 is 20.2 Å². The fourth-order valence-electron chi connectivity index (χ4n) is 3.87. The van der Waals surface area contributed by atoms with Gasteiger partial charge in [0.1, 0.15) is 11.5 Å². The molecule has 0 spiro atoms. The second-order valence-electron chi connectivity index (χ2n) is 6.85. The number of H-pyrrole nitrogens is 2. The van der Waals surface area contributed by atoms with Gasteiger partial charge in [-0.2, -0.15) is 0 Å². The Balaban J connectivity index is 1.64. The van der Waals surface area contributed by atoms with E-state index in [-0.39, 0.29) is 11.5 Å². The quantitative estimate of drug-likeness (QED) is 0.335. The number of imidazole rings is 2. The lowest BCUT2D eigenvalue weighted by Crippen LogP contribution is -1.82. The number of fused-ring (bicyclic) bond motifs is 6. The first kappa shape index (κ1) is 15.0. The maximum Gasteiger partial charge on any atom is 0.174 e. The smallest absolute Gasteiger partial charge is 0.174 e. The number of hydrogen-bond donors (Lipinski definition) is 4. The maximum atomic E-state index is 10.3. The van der Waals surface area contributed by atoms with Gasteiger partial charge in [-0.25, -0.2) is 9.97 Å². The van der Waals surface area contributed by atoms with Crippen molar-refractivity contribution in [3.63, 3.8) is 0 Å². The van der Waals surface area contributed by atoms with Crippen molar-refractivity contribution in [1.82, 2.24) is 19.9 Å². The molecule has 0 radical (unpaired) electrons. The molecule has 0 unspecified atom stereocenters. The Labute approximate surface area is 158 Å². The Morgan fingerprint density at radius 2 is 0.964 bits per heavy atom. The Kier molecular flexibility index (Phi) is 2.81. The average Bonchev–Trinajstić information content (AvgIpc) is 3.33. The third-order valence-corrected chi connectivity index (χ3v) is 5.17. The van der Waals surface area contributed by atoms with Gasteiger partial charge in [-0.15, -0.1) is 0 Å². The van der Waals surface area contributed by atoms with Crippen LogP contribution < -0.4 is 0 Å². The Bertz CT molecular complexity index is 1430. The molecule has 0 amide bonds. The number of nitrogens with one attached hydrogen (secondary N) is 2. The molecule has 4 N–H and O–H groups in total. The van der Waals surface area contributed by atoms with Crippen molar-refractivity contribution < 1.29 is 10.2 Å². The molecule has 2 aromatic heterocycles. The number of aromatic amines is 2. The molecule has 0 saturated carbocycles. The molecular formula is C22H14N4O2. The van der Waals surface area contributed by atoms with Gasteiger partial charge in [0.25, 0.3) is 0 Å². The highest BCUT2D eigenvalue weighted by atomic mass is 16.3. The minimum atomic E-state index is 0.207. The highest BCUT2D eigenvalue weighted by Crippen LogP contribution is 2.35. The van der Waals surface area contributed by atoms with Crippen LogP contribution in [0.1, 0.15) is 0 Å². The summed E-state index contributed by atoms with van der Waals surface area (Å²) in [5.41, 5.74) is 3.02. The van der Waals surface area contributed by atoms with Gasteiger partial charge in [-0.3, -0.25) is 0 Å². The first-order valence-electron chi connectivity index (χ1n) is 8.90. The lowest BCUT2D eigenvalue weighted by Gasteiger charge is -2.00. The summed E-state index contributed by atoms with van der Waals surface area (Å²) in [7, 11) is 0.